The lowest BCUT2D eigenvalue weighted by Gasteiger charge is -2.20. The van der Waals surface area contributed by atoms with Crippen LogP contribution in [0.4, 0.5) is 0 Å². The van der Waals surface area contributed by atoms with Crippen molar-refractivity contribution in [2.45, 2.75) is 38.5 Å². The molecule has 4 nitrogen and oxygen atoms in total. The van der Waals surface area contributed by atoms with E-state index in [4.69, 9.17) is 9.47 Å². The minimum absolute atomic E-state index is 0.0115. The van der Waals surface area contributed by atoms with Crippen LogP contribution in [0.5, 0.6) is 17.2 Å². The Hall–Kier alpha value is -2.49. The number of ether oxygens (including phenoxy) is 2. The van der Waals surface area contributed by atoms with Crippen LogP contribution in [-0.2, 0) is 11.2 Å². The topological polar surface area (TPSA) is 55.8 Å². The van der Waals surface area contributed by atoms with Crippen LogP contribution in [0.25, 0.3) is 0 Å². The first-order valence-electron chi connectivity index (χ1n) is 8.82. The number of aromatic hydroxyl groups is 1. The van der Waals surface area contributed by atoms with Crippen molar-refractivity contribution in [2.24, 2.45) is 5.92 Å². The summed E-state index contributed by atoms with van der Waals surface area (Å²) in [4.78, 5) is 12.5. The van der Waals surface area contributed by atoms with Crippen LogP contribution < -0.4 is 9.47 Å². The van der Waals surface area contributed by atoms with E-state index in [2.05, 4.69) is 0 Å². The number of esters is 1. The molecule has 1 N–H and O–H groups in total. The van der Waals surface area contributed by atoms with Gasteiger partial charge in [0.1, 0.15) is 17.2 Å². The van der Waals surface area contributed by atoms with Crippen molar-refractivity contribution in [2.75, 3.05) is 7.11 Å². The Labute approximate surface area is 148 Å². The molecule has 0 radical (unpaired) electrons. The van der Waals surface area contributed by atoms with E-state index in [-0.39, 0.29) is 17.6 Å². The Bertz CT molecular complexity index is 715. The van der Waals surface area contributed by atoms with Crippen LogP contribution in [0.1, 0.15) is 43.2 Å². The van der Waals surface area contributed by atoms with Gasteiger partial charge in [0.05, 0.1) is 13.0 Å². The summed E-state index contributed by atoms with van der Waals surface area (Å²) >= 11 is 0. The van der Waals surface area contributed by atoms with Crippen molar-refractivity contribution in [3.8, 4) is 17.2 Å². The van der Waals surface area contributed by atoms with Gasteiger partial charge < -0.3 is 14.6 Å². The van der Waals surface area contributed by atoms with Gasteiger partial charge in [0, 0.05) is 12.0 Å². The molecule has 0 saturated heterocycles. The van der Waals surface area contributed by atoms with Crippen molar-refractivity contribution in [3.63, 3.8) is 0 Å². The molecule has 0 bridgehead atoms. The fourth-order valence-corrected chi connectivity index (χ4v) is 3.28. The lowest BCUT2D eigenvalue weighted by molar-refractivity contribution is -0.140. The Morgan fingerprint density at radius 2 is 1.80 bits per heavy atom. The smallest absolute Gasteiger partial charge is 0.314 e. The molecule has 1 aliphatic carbocycles. The van der Waals surface area contributed by atoms with Crippen LogP contribution in [0.2, 0.25) is 0 Å². The van der Waals surface area contributed by atoms with Crippen molar-refractivity contribution in [3.05, 3.63) is 53.6 Å². The van der Waals surface area contributed by atoms with Gasteiger partial charge in [-0.3, -0.25) is 4.79 Å². The number of phenols is 1. The summed E-state index contributed by atoms with van der Waals surface area (Å²) in [7, 11) is 1.62. The van der Waals surface area contributed by atoms with Gasteiger partial charge in [-0.2, -0.15) is 0 Å². The first kappa shape index (κ1) is 17.3. The molecule has 0 atom stereocenters. The predicted molar refractivity (Wildman–Crippen MR) is 96.1 cm³/mol. The van der Waals surface area contributed by atoms with Crippen molar-refractivity contribution in [1.82, 2.24) is 0 Å². The molecule has 1 aliphatic rings. The number of methoxy groups -OCH3 is 1. The van der Waals surface area contributed by atoms with Crippen LogP contribution >= 0.6 is 0 Å². The van der Waals surface area contributed by atoms with E-state index >= 15 is 0 Å². The predicted octanol–water partition coefficient (Wildman–Crippen LogP) is 4.48. The highest BCUT2D eigenvalue weighted by atomic mass is 16.5. The molecule has 4 heteroatoms. The average molecular weight is 340 g/mol. The van der Waals surface area contributed by atoms with Crippen molar-refractivity contribution >= 4 is 5.97 Å². The Kier molecular flexibility index (Phi) is 5.59. The highest BCUT2D eigenvalue weighted by Gasteiger charge is 2.24. The zero-order valence-electron chi connectivity index (χ0n) is 14.5. The molecule has 2 aromatic carbocycles. The third-order valence-electron chi connectivity index (χ3n) is 4.75. The molecule has 1 fully saturated rings. The van der Waals surface area contributed by atoms with Gasteiger partial charge in [0.15, 0.2) is 0 Å². The molecule has 25 heavy (non-hydrogen) atoms. The highest BCUT2D eigenvalue weighted by molar-refractivity contribution is 5.75. The van der Waals surface area contributed by atoms with Gasteiger partial charge in [-0.25, -0.2) is 0 Å². The van der Waals surface area contributed by atoms with Crippen LogP contribution in [0, 0.1) is 5.92 Å². The van der Waals surface area contributed by atoms with E-state index in [0.29, 0.717) is 12.2 Å². The van der Waals surface area contributed by atoms with Gasteiger partial charge >= 0.3 is 5.97 Å². The summed E-state index contributed by atoms with van der Waals surface area (Å²) < 4.78 is 11.0. The van der Waals surface area contributed by atoms with E-state index in [1.165, 1.54) is 6.42 Å². The monoisotopic (exact) mass is 340 g/mol. The molecule has 0 amide bonds. The van der Waals surface area contributed by atoms with E-state index in [0.717, 1.165) is 42.6 Å². The molecule has 0 spiro atoms. The molecule has 1 saturated carbocycles. The lowest BCUT2D eigenvalue weighted by Crippen LogP contribution is -2.23. The molecular formula is C21H24O4. The summed E-state index contributed by atoms with van der Waals surface area (Å²) in [5.74, 6) is 1.43. The largest absolute Gasteiger partial charge is 0.508 e. The van der Waals surface area contributed by atoms with E-state index in [9.17, 15) is 9.90 Å². The number of hydrogen-bond donors (Lipinski definition) is 1. The summed E-state index contributed by atoms with van der Waals surface area (Å²) in [6.07, 6.45) is 5.85. The maximum absolute atomic E-state index is 12.5. The van der Waals surface area contributed by atoms with Crippen molar-refractivity contribution in [1.29, 1.82) is 0 Å². The summed E-state index contributed by atoms with van der Waals surface area (Å²) in [6, 6.07) is 12.5. The van der Waals surface area contributed by atoms with Gasteiger partial charge in [0.25, 0.3) is 0 Å². The van der Waals surface area contributed by atoms with E-state index in [1.807, 2.05) is 24.3 Å². The normalized spacial score (nSPS) is 14.9. The Morgan fingerprint density at radius 3 is 2.48 bits per heavy atom. The van der Waals surface area contributed by atoms with E-state index in [1.54, 1.807) is 25.3 Å². The second-order valence-corrected chi connectivity index (χ2v) is 6.57. The number of benzene rings is 2. The standard InChI is InChI=1S/C21H24O4/c1-24-19-11-12-20(25-21(23)16-5-3-2-4-6-16)17(14-19)13-15-7-9-18(22)10-8-15/h7-12,14,16,22H,2-6,13H2,1H3. The quantitative estimate of drug-likeness (QED) is 0.644. The first-order valence-corrected chi connectivity index (χ1v) is 8.82. The molecule has 0 aromatic heterocycles. The first-order chi connectivity index (χ1) is 12.2. The average Bonchev–Trinajstić information content (AvgIpc) is 2.65. The van der Waals surface area contributed by atoms with Crippen LogP contribution in [-0.4, -0.2) is 18.2 Å². The molecule has 132 valence electrons. The molecule has 2 aromatic rings. The maximum atomic E-state index is 12.5. The van der Waals surface area contributed by atoms with Gasteiger partial charge in [-0.1, -0.05) is 31.4 Å². The fraction of sp³-hybridized carbons (Fsp3) is 0.381. The summed E-state index contributed by atoms with van der Waals surface area (Å²) in [5.41, 5.74) is 1.93. The van der Waals surface area contributed by atoms with Gasteiger partial charge in [-0.15, -0.1) is 0 Å². The van der Waals surface area contributed by atoms with Crippen molar-refractivity contribution < 1.29 is 19.4 Å². The number of rotatable bonds is 5. The molecule has 0 heterocycles. The molecule has 3 rings (SSSR count). The Morgan fingerprint density at radius 1 is 1.08 bits per heavy atom. The minimum Gasteiger partial charge on any atom is -0.508 e. The van der Waals surface area contributed by atoms with Gasteiger partial charge in [-0.05, 0) is 48.7 Å². The third kappa shape index (κ3) is 4.53. The molecule has 0 aliphatic heterocycles. The second-order valence-electron chi connectivity index (χ2n) is 6.57. The molecule has 0 unspecified atom stereocenters. The highest BCUT2D eigenvalue weighted by Crippen LogP contribution is 2.30. The number of phenolic OH excluding ortho intramolecular Hbond substituents is 1. The zero-order chi connectivity index (χ0) is 17.6. The van der Waals surface area contributed by atoms with E-state index < -0.39 is 0 Å². The van der Waals surface area contributed by atoms with Gasteiger partial charge in [0.2, 0.25) is 0 Å². The number of carbonyl (C=O) groups excluding carboxylic acids is 1. The SMILES string of the molecule is COc1ccc(OC(=O)C2CCCCC2)c(Cc2ccc(O)cc2)c1. The Balaban J connectivity index is 1.79. The minimum atomic E-state index is -0.128. The summed E-state index contributed by atoms with van der Waals surface area (Å²) in [6.45, 7) is 0. The lowest BCUT2D eigenvalue weighted by atomic mass is 9.89. The number of carbonyl (C=O) groups is 1. The van der Waals surface area contributed by atoms with Crippen LogP contribution in [0.15, 0.2) is 42.5 Å². The number of hydrogen-bond acceptors (Lipinski definition) is 4. The third-order valence-corrected chi connectivity index (χ3v) is 4.75. The summed E-state index contributed by atoms with van der Waals surface area (Å²) in [5, 5.41) is 9.43. The second kappa shape index (κ2) is 8.06. The fourth-order valence-electron chi connectivity index (χ4n) is 3.28. The zero-order valence-corrected chi connectivity index (χ0v) is 14.5. The maximum Gasteiger partial charge on any atom is 0.314 e. The van der Waals surface area contributed by atoms with Crippen LogP contribution in [0.3, 0.4) is 0 Å². The molecular weight excluding hydrogens is 316 g/mol.